The molecule has 1 aromatic heterocycles. The molecule has 3 atom stereocenters. The van der Waals surface area contributed by atoms with Crippen LogP contribution in [0.15, 0.2) is 36.2 Å². The maximum atomic E-state index is 13.4. The zero-order valence-corrected chi connectivity index (χ0v) is 11.8. The van der Waals surface area contributed by atoms with Crippen molar-refractivity contribution in [1.29, 1.82) is 0 Å². The van der Waals surface area contributed by atoms with Crippen LogP contribution in [0.1, 0.15) is 24.1 Å². The molecule has 0 radical (unpaired) electrons. The summed E-state index contributed by atoms with van der Waals surface area (Å²) in [5.41, 5.74) is 0. The summed E-state index contributed by atoms with van der Waals surface area (Å²) in [6, 6.07) is 3.95. The van der Waals surface area contributed by atoms with Crippen molar-refractivity contribution in [2.75, 3.05) is 0 Å². The summed E-state index contributed by atoms with van der Waals surface area (Å²) < 4.78 is 14.6. The Balaban J connectivity index is 2.32. The van der Waals surface area contributed by atoms with Crippen molar-refractivity contribution in [3.8, 4) is 0 Å². The van der Waals surface area contributed by atoms with Gasteiger partial charge in [0.05, 0.1) is 5.92 Å². The Morgan fingerprint density at radius 3 is 2.84 bits per heavy atom. The first-order valence-corrected chi connectivity index (χ1v) is 7.12. The van der Waals surface area contributed by atoms with Crippen LogP contribution in [0.2, 0.25) is 0 Å². The van der Waals surface area contributed by atoms with Gasteiger partial charge in [0.25, 0.3) is 0 Å². The van der Waals surface area contributed by atoms with Crippen molar-refractivity contribution in [2.45, 2.75) is 19.3 Å². The first kappa shape index (κ1) is 14.1. The molecule has 1 N–H and O–H groups in total. The second kappa shape index (κ2) is 5.74. The summed E-state index contributed by atoms with van der Waals surface area (Å²) in [5, 5.41) is 9.29. The first-order valence-electron chi connectivity index (χ1n) is 6.31. The number of carboxylic acids is 1. The Kier molecular flexibility index (Phi) is 4.25. The van der Waals surface area contributed by atoms with Crippen molar-refractivity contribution in [1.82, 2.24) is 0 Å². The quantitative estimate of drug-likeness (QED) is 0.858. The van der Waals surface area contributed by atoms with Crippen LogP contribution in [-0.2, 0) is 4.79 Å². The van der Waals surface area contributed by atoms with Gasteiger partial charge in [-0.05, 0) is 22.8 Å². The number of halogens is 1. The molecule has 0 bridgehead atoms. The van der Waals surface area contributed by atoms with Crippen LogP contribution in [0.5, 0.6) is 0 Å². The minimum atomic E-state index is -0.834. The van der Waals surface area contributed by atoms with Crippen LogP contribution in [-0.4, -0.2) is 18.9 Å². The fraction of sp³-hybridized carbons (Fsp3) is 0.357. The van der Waals surface area contributed by atoms with Gasteiger partial charge >= 0.3 is 5.97 Å². The summed E-state index contributed by atoms with van der Waals surface area (Å²) in [6.45, 7) is 1.70. The lowest BCUT2D eigenvalue weighted by molar-refractivity contribution is -0.142. The lowest BCUT2D eigenvalue weighted by atomic mass is 9.78. The molecule has 5 heteroatoms. The molecule has 0 fully saturated rings. The Morgan fingerprint density at radius 2 is 2.32 bits per heavy atom. The molecule has 2 nitrogen and oxygen atoms in total. The molecule has 100 valence electrons. The Morgan fingerprint density at radius 1 is 1.58 bits per heavy atom. The number of allylic oxidation sites excluding steroid dienone is 4. The molecule has 0 amide bonds. The predicted octanol–water partition coefficient (Wildman–Crippen LogP) is 2.24. The van der Waals surface area contributed by atoms with E-state index in [0.29, 0.717) is 0 Å². The van der Waals surface area contributed by atoms with Gasteiger partial charge in [0, 0.05) is 17.2 Å². The van der Waals surface area contributed by atoms with Crippen molar-refractivity contribution in [3.63, 3.8) is 0 Å². The largest absolute Gasteiger partial charge is 0.481 e. The highest BCUT2D eigenvalue weighted by molar-refractivity contribution is 7.20. The van der Waals surface area contributed by atoms with E-state index in [2.05, 4.69) is 0 Å². The molecule has 2 rings (SSSR count). The van der Waals surface area contributed by atoms with Crippen LogP contribution in [0.25, 0.3) is 0 Å². The van der Waals surface area contributed by atoms with Crippen LogP contribution < -0.4 is 4.78 Å². The van der Waals surface area contributed by atoms with Crippen molar-refractivity contribution >= 4 is 29.9 Å². The number of hydrogen-bond acceptors (Lipinski definition) is 2. The van der Waals surface area contributed by atoms with Gasteiger partial charge in [0.1, 0.15) is 5.83 Å². The third kappa shape index (κ3) is 3.15. The Labute approximate surface area is 117 Å². The highest BCUT2D eigenvalue weighted by atomic mass is 32.1. The second-order valence-corrected chi connectivity index (χ2v) is 6.29. The normalized spacial score (nSPS) is 21.8. The highest BCUT2D eigenvalue weighted by Gasteiger charge is 2.33. The third-order valence-corrected chi connectivity index (χ3v) is 4.65. The number of rotatable bonds is 4. The van der Waals surface area contributed by atoms with E-state index in [1.165, 1.54) is 6.08 Å². The monoisotopic (exact) mass is 278 g/mol. The lowest BCUT2D eigenvalue weighted by Gasteiger charge is -2.28. The summed E-state index contributed by atoms with van der Waals surface area (Å²) in [7, 11) is 1.99. The molecule has 1 unspecified atom stereocenters. The zero-order valence-electron chi connectivity index (χ0n) is 11.0. The number of thiophene rings is 1. The molecule has 1 aromatic rings. The van der Waals surface area contributed by atoms with Crippen LogP contribution >= 0.6 is 11.3 Å². The smallest absolute Gasteiger partial charge is 0.306 e. The predicted molar refractivity (Wildman–Crippen MR) is 78.5 cm³/mol. The average Bonchev–Trinajstić information content (AvgIpc) is 2.76. The van der Waals surface area contributed by atoms with Gasteiger partial charge in [-0.2, -0.15) is 11.3 Å². The molecule has 0 aliphatic heterocycles. The Bertz CT molecular complexity index is 535. The van der Waals surface area contributed by atoms with E-state index in [9.17, 15) is 14.3 Å². The fourth-order valence-electron chi connectivity index (χ4n) is 2.52. The number of carbonyl (C=O) groups is 1. The van der Waals surface area contributed by atoms with Gasteiger partial charge in [0.2, 0.25) is 0 Å². The minimum absolute atomic E-state index is 0.0888. The van der Waals surface area contributed by atoms with E-state index < -0.39 is 11.9 Å². The molecule has 0 saturated heterocycles. The summed E-state index contributed by atoms with van der Waals surface area (Å²) in [6.07, 6.45) is 5.34. The molecule has 1 aliphatic rings. The summed E-state index contributed by atoms with van der Waals surface area (Å²) >= 11 is 1.60. The number of aliphatic carboxylic acids is 1. The zero-order chi connectivity index (χ0) is 14.0. The average molecular weight is 278 g/mol. The SMILES string of the molecule is Bc1ccc([C@@H](C2C=CC=C(F)C2)[C@@H](C)C(=O)O)s1. The maximum Gasteiger partial charge on any atom is 0.306 e. The van der Waals surface area contributed by atoms with Gasteiger partial charge in [0.15, 0.2) is 7.85 Å². The molecule has 0 aromatic carbocycles. The topological polar surface area (TPSA) is 37.3 Å². The molecule has 0 spiro atoms. The molecule has 1 aliphatic carbocycles. The maximum absolute atomic E-state index is 13.4. The first-order chi connectivity index (χ1) is 8.99. The van der Waals surface area contributed by atoms with E-state index in [-0.39, 0.29) is 24.1 Å². The van der Waals surface area contributed by atoms with Gasteiger partial charge in [-0.15, -0.1) is 0 Å². The Hall–Kier alpha value is -1.36. The minimum Gasteiger partial charge on any atom is -0.481 e. The van der Waals surface area contributed by atoms with Crippen molar-refractivity contribution < 1.29 is 14.3 Å². The number of carboxylic acid groups (broad SMARTS) is 1. The second-order valence-electron chi connectivity index (χ2n) is 4.97. The van der Waals surface area contributed by atoms with Crippen molar-refractivity contribution in [3.05, 3.63) is 41.1 Å². The summed E-state index contributed by atoms with van der Waals surface area (Å²) in [4.78, 5) is 12.3. The van der Waals surface area contributed by atoms with Gasteiger partial charge < -0.3 is 5.11 Å². The van der Waals surface area contributed by atoms with Gasteiger partial charge in [-0.1, -0.05) is 25.1 Å². The van der Waals surface area contributed by atoms with Crippen LogP contribution in [0, 0.1) is 11.8 Å². The van der Waals surface area contributed by atoms with E-state index in [4.69, 9.17) is 0 Å². The molecule has 0 saturated carbocycles. The molecular formula is C14H16BFO2S. The fourth-order valence-corrected chi connectivity index (χ4v) is 3.68. The third-order valence-electron chi connectivity index (χ3n) is 3.55. The summed E-state index contributed by atoms with van der Waals surface area (Å²) in [5.74, 6) is -1.80. The van der Waals surface area contributed by atoms with E-state index in [1.807, 2.05) is 26.1 Å². The van der Waals surface area contributed by atoms with Crippen LogP contribution in [0.3, 0.4) is 0 Å². The van der Waals surface area contributed by atoms with Crippen LogP contribution in [0.4, 0.5) is 4.39 Å². The standard InChI is InChI=1S/C14H16BFO2S/c1-8(14(17)18)13(11-5-6-12(15)19-11)9-3-2-4-10(16)7-9/h2-6,8-9,13H,7,15H2,1H3,(H,17,18)/t8-,9?,13-/m1/s1. The number of hydrogen-bond donors (Lipinski definition) is 1. The molecule has 19 heavy (non-hydrogen) atoms. The van der Waals surface area contributed by atoms with Gasteiger partial charge in [-0.25, -0.2) is 4.39 Å². The highest BCUT2D eigenvalue weighted by Crippen LogP contribution is 2.40. The van der Waals surface area contributed by atoms with Gasteiger partial charge in [-0.3, -0.25) is 4.79 Å². The molecular weight excluding hydrogens is 262 g/mol. The lowest BCUT2D eigenvalue weighted by Crippen LogP contribution is -2.25. The van der Waals surface area contributed by atoms with E-state index in [0.717, 1.165) is 9.65 Å². The molecule has 1 heterocycles. The van der Waals surface area contributed by atoms with Crippen molar-refractivity contribution in [2.24, 2.45) is 11.8 Å². The van der Waals surface area contributed by atoms with E-state index >= 15 is 0 Å². The van der Waals surface area contributed by atoms with E-state index in [1.54, 1.807) is 24.3 Å².